The first-order valence-corrected chi connectivity index (χ1v) is 7.13. The molecular formula is C11H12F2N4O3S. The molecule has 0 bridgehead atoms. The van der Waals surface area contributed by atoms with E-state index in [2.05, 4.69) is 14.4 Å². The molecule has 0 unspecified atom stereocenters. The van der Waals surface area contributed by atoms with E-state index >= 15 is 0 Å². The number of anilines is 2. The Labute approximate surface area is 119 Å². The van der Waals surface area contributed by atoms with Crippen molar-refractivity contribution in [1.29, 1.82) is 0 Å². The van der Waals surface area contributed by atoms with E-state index in [9.17, 15) is 17.2 Å². The Morgan fingerprint density at radius 3 is 2.62 bits per heavy atom. The quantitative estimate of drug-likeness (QED) is 0.868. The van der Waals surface area contributed by atoms with Crippen molar-refractivity contribution in [3.63, 3.8) is 0 Å². The van der Waals surface area contributed by atoms with Crippen molar-refractivity contribution < 1.29 is 21.9 Å². The van der Waals surface area contributed by atoms with E-state index in [1.807, 2.05) is 0 Å². The highest BCUT2D eigenvalue weighted by molar-refractivity contribution is 7.92. The predicted octanol–water partition coefficient (Wildman–Crippen LogP) is 1.40. The van der Waals surface area contributed by atoms with Crippen molar-refractivity contribution >= 4 is 21.5 Å². The zero-order chi connectivity index (χ0) is 15.6. The maximum Gasteiger partial charge on any atom is 0.387 e. The number of benzene rings is 1. The second-order valence-corrected chi connectivity index (χ2v) is 5.62. The number of nitrogen functional groups attached to an aromatic ring is 1. The smallest absolute Gasteiger partial charge is 0.387 e. The van der Waals surface area contributed by atoms with Crippen LogP contribution in [0, 0.1) is 0 Å². The fourth-order valence-electron chi connectivity index (χ4n) is 1.71. The van der Waals surface area contributed by atoms with Gasteiger partial charge in [0.15, 0.2) is 10.8 Å². The second-order valence-electron chi connectivity index (χ2n) is 4.03. The molecule has 21 heavy (non-hydrogen) atoms. The average molecular weight is 318 g/mol. The summed E-state index contributed by atoms with van der Waals surface area (Å²) in [6.07, 6.45) is 1.23. The summed E-state index contributed by atoms with van der Waals surface area (Å²) in [5.74, 6) is -0.492. The third kappa shape index (κ3) is 3.21. The fraction of sp³-hybridized carbons (Fsp3) is 0.182. The maximum absolute atomic E-state index is 12.3. The van der Waals surface area contributed by atoms with Crippen LogP contribution in [0.5, 0.6) is 5.75 Å². The highest BCUT2D eigenvalue weighted by Gasteiger charge is 2.24. The second kappa shape index (κ2) is 5.56. The zero-order valence-electron chi connectivity index (χ0n) is 10.8. The number of rotatable bonds is 5. The maximum atomic E-state index is 12.3. The zero-order valence-corrected chi connectivity index (χ0v) is 11.6. The van der Waals surface area contributed by atoms with Gasteiger partial charge in [-0.25, -0.2) is 4.98 Å². The van der Waals surface area contributed by atoms with Crippen LogP contribution >= 0.6 is 0 Å². The van der Waals surface area contributed by atoms with Gasteiger partial charge in [0, 0.05) is 7.05 Å². The standard InChI is InChI=1S/C11H12F2N4O3S/c1-17-6-15-9(14)10(17)21(18,19)16-7-4-2-3-5-8(7)20-11(12)13/h2-6,11,16H,14H2,1H3. The van der Waals surface area contributed by atoms with Crippen LogP contribution in [0.3, 0.4) is 0 Å². The van der Waals surface area contributed by atoms with Gasteiger partial charge in [-0.1, -0.05) is 12.1 Å². The molecule has 10 heteroatoms. The van der Waals surface area contributed by atoms with E-state index in [4.69, 9.17) is 5.73 Å². The Hall–Kier alpha value is -2.36. The monoisotopic (exact) mass is 318 g/mol. The van der Waals surface area contributed by atoms with Gasteiger partial charge in [0.2, 0.25) is 0 Å². The van der Waals surface area contributed by atoms with Crippen molar-refractivity contribution in [2.75, 3.05) is 10.5 Å². The Bertz CT molecular complexity index is 726. The SMILES string of the molecule is Cn1cnc(N)c1S(=O)(=O)Nc1ccccc1OC(F)F. The number of halogens is 2. The molecular weight excluding hydrogens is 306 g/mol. The number of para-hydroxylation sites is 2. The van der Waals surface area contributed by atoms with Crippen molar-refractivity contribution in [3.05, 3.63) is 30.6 Å². The summed E-state index contributed by atoms with van der Waals surface area (Å²) in [4.78, 5) is 3.67. The van der Waals surface area contributed by atoms with Crippen molar-refractivity contribution in [2.45, 2.75) is 11.6 Å². The van der Waals surface area contributed by atoms with Gasteiger partial charge < -0.3 is 15.0 Å². The molecule has 0 saturated heterocycles. The molecule has 0 fully saturated rings. The van der Waals surface area contributed by atoms with Gasteiger partial charge in [-0.2, -0.15) is 17.2 Å². The molecule has 0 aliphatic rings. The van der Waals surface area contributed by atoms with E-state index in [0.29, 0.717) is 0 Å². The Balaban J connectivity index is 2.38. The number of aromatic nitrogens is 2. The first-order valence-electron chi connectivity index (χ1n) is 5.64. The van der Waals surface area contributed by atoms with Crippen LogP contribution in [-0.2, 0) is 17.1 Å². The highest BCUT2D eigenvalue weighted by atomic mass is 32.2. The number of alkyl halides is 2. The van der Waals surface area contributed by atoms with Gasteiger partial charge >= 0.3 is 6.61 Å². The number of ether oxygens (including phenoxy) is 1. The van der Waals surface area contributed by atoms with E-state index < -0.39 is 16.6 Å². The summed E-state index contributed by atoms with van der Waals surface area (Å²) in [7, 11) is -2.65. The third-order valence-electron chi connectivity index (χ3n) is 2.51. The molecule has 0 atom stereocenters. The summed E-state index contributed by atoms with van der Waals surface area (Å²) >= 11 is 0. The van der Waals surface area contributed by atoms with Crippen LogP contribution in [0.4, 0.5) is 20.3 Å². The van der Waals surface area contributed by atoms with E-state index in [-0.39, 0.29) is 22.3 Å². The minimum absolute atomic E-state index is 0.126. The van der Waals surface area contributed by atoms with E-state index in [0.717, 1.165) is 0 Å². The van der Waals surface area contributed by atoms with Gasteiger partial charge in [0.05, 0.1) is 12.0 Å². The lowest BCUT2D eigenvalue weighted by molar-refractivity contribution is -0.0493. The van der Waals surface area contributed by atoms with Gasteiger partial charge in [-0.3, -0.25) is 4.72 Å². The third-order valence-corrected chi connectivity index (χ3v) is 4.01. The van der Waals surface area contributed by atoms with Crippen molar-refractivity contribution in [1.82, 2.24) is 9.55 Å². The van der Waals surface area contributed by atoms with Crippen molar-refractivity contribution in [2.24, 2.45) is 7.05 Å². The molecule has 0 saturated carbocycles. The normalized spacial score (nSPS) is 11.6. The minimum atomic E-state index is -4.09. The molecule has 0 amide bonds. The van der Waals surface area contributed by atoms with Gasteiger partial charge in [-0.15, -0.1) is 0 Å². The van der Waals surface area contributed by atoms with Crippen LogP contribution < -0.4 is 15.2 Å². The molecule has 2 rings (SSSR count). The summed E-state index contributed by atoms with van der Waals surface area (Å²) in [6.45, 7) is -3.07. The summed E-state index contributed by atoms with van der Waals surface area (Å²) in [5.41, 5.74) is 5.37. The minimum Gasteiger partial charge on any atom is -0.433 e. The molecule has 2 aromatic rings. The number of aryl methyl sites for hydroxylation is 1. The molecule has 0 aliphatic carbocycles. The van der Waals surface area contributed by atoms with Crippen LogP contribution in [0.15, 0.2) is 35.6 Å². The molecule has 1 heterocycles. The van der Waals surface area contributed by atoms with Crippen LogP contribution in [0.1, 0.15) is 0 Å². The molecule has 1 aromatic carbocycles. The van der Waals surface area contributed by atoms with Crippen LogP contribution in [-0.4, -0.2) is 24.6 Å². The Kier molecular flexibility index (Phi) is 3.98. The van der Waals surface area contributed by atoms with Crippen LogP contribution in [0.2, 0.25) is 0 Å². The van der Waals surface area contributed by atoms with Crippen LogP contribution in [0.25, 0.3) is 0 Å². The first kappa shape index (κ1) is 15.0. The summed E-state index contributed by atoms with van der Waals surface area (Å²) < 4.78 is 56.7. The highest BCUT2D eigenvalue weighted by Crippen LogP contribution is 2.28. The lowest BCUT2D eigenvalue weighted by Crippen LogP contribution is -2.18. The Morgan fingerprint density at radius 1 is 1.38 bits per heavy atom. The number of sulfonamides is 1. The molecule has 0 radical (unpaired) electrons. The summed E-state index contributed by atoms with van der Waals surface area (Å²) in [6, 6.07) is 5.43. The number of hydrogen-bond acceptors (Lipinski definition) is 5. The number of nitrogens with zero attached hydrogens (tertiary/aromatic N) is 2. The molecule has 0 spiro atoms. The largest absolute Gasteiger partial charge is 0.433 e. The molecule has 7 nitrogen and oxygen atoms in total. The number of nitrogens with two attached hydrogens (primary N) is 1. The van der Waals surface area contributed by atoms with E-state index in [1.165, 1.54) is 42.2 Å². The number of nitrogens with one attached hydrogen (secondary N) is 1. The number of imidazole rings is 1. The predicted molar refractivity (Wildman–Crippen MR) is 71.5 cm³/mol. The van der Waals surface area contributed by atoms with Crippen molar-refractivity contribution in [3.8, 4) is 5.75 Å². The topological polar surface area (TPSA) is 99.2 Å². The van der Waals surface area contributed by atoms with E-state index in [1.54, 1.807) is 0 Å². The molecule has 0 aliphatic heterocycles. The summed E-state index contributed by atoms with van der Waals surface area (Å²) in [5, 5.41) is -0.269. The molecule has 1 aromatic heterocycles. The number of hydrogen-bond donors (Lipinski definition) is 2. The molecule has 114 valence electrons. The molecule has 3 N–H and O–H groups in total. The Morgan fingerprint density at radius 2 is 2.05 bits per heavy atom. The van der Waals surface area contributed by atoms with Gasteiger partial charge in [0.1, 0.15) is 5.75 Å². The first-order chi connectivity index (χ1) is 9.81. The van der Waals surface area contributed by atoms with Gasteiger partial charge in [0.25, 0.3) is 10.0 Å². The lowest BCUT2D eigenvalue weighted by atomic mass is 10.3. The lowest BCUT2D eigenvalue weighted by Gasteiger charge is -2.13. The van der Waals surface area contributed by atoms with Gasteiger partial charge in [-0.05, 0) is 12.1 Å². The fourth-order valence-corrected chi connectivity index (χ4v) is 3.02. The average Bonchev–Trinajstić information content (AvgIpc) is 2.71.